The van der Waals surface area contributed by atoms with E-state index < -0.39 is 0 Å². The largest absolute Gasteiger partial charge is 0.315 e. The van der Waals surface area contributed by atoms with Crippen molar-refractivity contribution in [2.24, 2.45) is 0 Å². The van der Waals surface area contributed by atoms with Crippen molar-refractivity contribution in [3.63, 3.8) is 0 Å². The molecule has 0 amide bonds. The first-order chi connectivity index (χ1) is 5.97. The van der Waals surface area contributed by atoms with Gasteiger partial charge in [0.25, 0.3) is 0 Å². The number of hydrogen-bond donors (Lipinski definition) is 1. The maximum atomic E-state index is 3.45. The summed E-state index contributed by atoms with van der Waals surface area (Å²) in [5.41, 5.74) is 0. The Morgan fingerprint density at radius 1 is 1.00 bits per heavy atom. The molecule has 0 radical (unpaired) electrons. The Kier molecular flexibility index (Phi) is 3.01. The lowest BCUT2D eigenvalue weighted by Gasteiger charge is -2.26. The van der Waals surface area contributed by atoms with E-state index in [0.717, 1.165) is 6.04 Å². The van der Waals surface area contributed by atoms with E-state index in [9.17, 15) is 0 Å². The topological polar surface area (TPSA) is 15.3 Å². The summed E-state index contributed by atoms with van der Waals surface area (Å²) < 4.78 is 0. The zero-order valence-electron chi connectivity index (χ0n) is 7.89. The highest BCUT2D eigenvalue weighted by Crippen LogP contribution is 2.15. The van der Waals surface area contributed by atoms with Crippen molar-refractivity contribution in [1.82, 2.24) is 10.2 Å². The molecule has 0 aliphatic carbocycles. The molecule has 2 heteroatoms. The van der Waals surface area contributed by atoms with Gasteiger partial charge in [-0.25, -0.2) is 0 Å². The summed E-state index contributed by atoms with van der Waals surface area (Å²) in [6.07, 6.45) is 7.14. The van der Waals surface area contributed by atoms with Crippen LogP contribution in [0.2, 0.25) is 0 Å². The second kappa shape index (κ2) is 4.24. The minimum atomic E-state index is 0.864. The molecule has 0 spiro atoms. The van der Waals surface area contributed by atoms with Gasteiger partial charge in [0.2, 0.25) is 0 Å². The minimum absolute atomic E-state index is 0.864. The summed E-state index contributed by atoms with van der Waals surface area (Å²) in [5.74, 6) is 0. The van der Waals surface area contributed by atoms with Crippen LogP contribution in [0.3, 0.4) is 0 Å². The molecular formula is C10H20N2. The van der Waals surface area contributed by atoms with Gasteiger partial charge in [0, 0.05) is 12.6 Å². The van der Waals surface area contributed by atoms with E-state index in [4.69, 9.17) is 0 Å². The molecule has 2 aliphatic heterocycles. The van der Waals surface area contributed by atoms with Gasteiger partial charge in [-0.2, -0.15) is 0 Å². The lowest BCUT2D eigenvalue weighted by Crippen LogP contribution is -2.37. The van der Waals surface area contributed by atoms with E-state index in [-0.39, 0.29) is 0 Å². The normalized spacial score (nSPS) is 33.5. The zero-order chi connectivity index (χ0) is 8.23. The van der Waals surface area contributed by atoms with Crippen LogP contribution in [-0.4, -0.2) is 37.1 Å². The van der Waals surface area contributed by atoms with Crippen LogP contribution in [0.25, 0.3) is 0 Å². The molecular weight excluding hydrogens is 148 g/mol. The molecule has 0 aromatic heterocycles. The van der Waals surface area contributed by atoms with Crippen molar-refractivity contribution >= 4 is 0 Å². The molecule has 1 N–H and O–H groups in total. The van der Waals surface area contributed by atoms with Crippen LogP contribution in [0.4, 0.5) is 0 Å². The Balaban J connectivity index is 1.83. The first-order valence-electron chi connectivity index (χ1n) is 5.41. The summed E-state index contributed by atoms with van der Waals surface area (Å²) in [4.78, 5) is 2.70. The van der Waals surface area contributed by atoms with Crippen molar-refractivity contribution in [2.45, 2.75) is 38.1 Å². The summed E-state index contributed by atoms with van der Waals surface area (Å²) in [6.45, 7) is 5.18. The van der Waals surface area contributed by atoms with Crippen LogP contribution in [-0.2, 0) is 0 Å². The smallest absolute Gasteiger partial charge is 0.0232 e. The van der Waals surface area contributed by atoms with Crippen molar-refractivity contribution in [3.8, 4) is 0 Å². The van der Waals surface area contributed by atoms with Crippen molar-refractivity contribution < 1.29 is 0 Å². The lowest BCUT2D eigenvalue weighted by molar-refractivity contribution is 0.216. The van der Waals surface area contributed by atoms with E-state index in [0.29, 0.717) is 0 Å². The monoisotopic (exact) mass is 168 g/mol. The molecule has 1 unspecified atom stereocenters. The maximum Gasteiger partial charge on any atom is 0.0232 e. The van der Waals surface area contributed by atoms with Gasteiger partial charge in [-0.1, -0.05) is 12.8 Å². The quantitative estimate of drug-likeness (QED) is 0.633. The van der Waals surface area contributed by atoms with Crippen molar-refractivity contribution in [2.75, 3.05) is 26.2 Å². The molecule has 2 rings (SSSR count). The number of hydrogen-bond acceptors (Lipinski definition) is 2. The Hall–Kier alpha value is -0.0800. The van der Waals surface area contributed by atoms with E-state index in [1.165, 1.54) is 58.3 Å². The number of nitrogens with zero attached hydrogens (tertiary/aromatic N) is 1. The molecule has 0 aromatic rings. The third kappa shape index (κ3) is 1.99. The fourth-order valence-electron chi connectivity index (χ4n) is 2.41. The first-order valence-corrected chi connectivity index (χ1v) is 5.41. The average Bonchev–Trinajstić information content (AvgIpc) is 2.48. The standard InChI is InChI=1S/C10H20N2/c1-2-4-8-12(7-3-1)10-5-6-11-9-10/h10-11H,1-9H2. The summed E-state index contributed by atoms with van der Waals surface area (Å²) in [5, 5.41) is 3.45. The Bertz CT molecular complexity index is 122. The van der Waals surface area contributed by atoms with E-state index in [2.05, 4.69) is 10.2 Å². The molecule has 0 bridgehead atoms. The second-order valence-corrected chi connectivity index (χ2v) is 4.10. The highest BCUT2D eigenvalue weighted by atomic mass is 15.2. The van der Waals surface area contributed by atoms with Crippen LogP contribution in [0.5, 0.6) is 0 Å². The van der Waals surface area contributed by atoms with Crippen LogP contribution >= 0.6 is 0 Å². The maximum absolute atomic E-state index is 3.45. The van der Waals surface area contributed by atoms with Crippen LogP contribution in [0.15, 0.2) is 0 Å². The summed E-state index contributed by atoms with van der Waals surface area (Å²) >= 11 is 0. The zero-order valence-corrected chi connectivity index (χ0v) is 7.89. The minimum Gasteiger partial charge on any atom is -0.315 e. The highest BCUT2D eigenvalue weighted by Gasteiger charge is 2.22. The molecule has 2 heterocycles. The van der Waals surface area contributed by atoms with Gasteiger partial charge in [-0.05, 0) is 38.9 Å². The first kappa shape index (κ1) is 8.52. The SMILES string of the molecule is C1CCCN(C2CCNC2)CC1. The predicted octanol–water partition coefficient (Wildman–Crippen LogP) is 1.22. The van der Waals surface area contributed by atoms with Gasteiger partial charge < -0.3 is 5.32 Å². The highest BCUT2D eigenvalue weighted by molar-refractivity contribution is 4.81. The van der Waals surface area contributed by atoms with Gasteiger partial charge in [-0.3, -0.25) is 4.90 Å². The number of rotatable bonds is 1. The van der Waals surface area contributed by atoms with E-state index in [1.54, 1.807) is 0 Å². The fraction of sp³-hybridized carbons (Fsp3) is 1.00. The molecule has 2 nitrogen and oxygen atoms in total. The van der Waals surface area contributed by atoms with Gasteiger partial charge >= 0.3 is 0 Å². The molecule has 0 aromatic carbocycles. The fourth-order valence-corrected chi connectivity index (χ4v) is 2.41. The molecule has 12 heavy (non-hydrogen) atoms. The lowest BCUT2D eigenvalue weighted by atomic mass is 10.2. The molecule has 2 saturated heterocycles. The van der Waals surface area contributed by atoms with Crippen LogP contribution < -0.4 is 5.32 Å². The average molecular weight is 168 g/mol. The molecule has 70 valence electrons. The van der Waals surface area contributed by atoms with Crippen LogP contribution in [0, 0.1) is 0 Å². The van der Waals surface area contributed by atoms with Crippen molar-refractivity contribution in [1.29, 1.82) is 0 Å². The number of nitrogens with one attached hydrogen (secondary N) is 1. The molecule has 0 saturated carbocycles. The van der Waals surface area contributed by atoms with Gasteiger partial charge in [-0.15, -0.1) is 0 Å². The summed E-state index contributed by atoms with van der Waals surface area (Å²) in [7, 11) is 0. The third-order valence-electron chi connectivity index (χ3n) is 3.19. The number of likely N-dealkylation sites (tertiary alicyclic amines) is 1. The summed E-state index contributed by atoms with van der Waals surface area (Å²) in [6, 6.07) is 0.864. The van der Waals surface area contributed by atoms with Crippen LogP contribution in [0.1, 0.15) is 32.1 Å². The second-order valence-electron chi connectivity index (χ2n) is 4.10. The van der Waals surface area contributed by atoms with Gasteiger partial charge in [0.15, 0.2) is 0 Å². The van der Waals surface area contributed by atoms with E-state index in [1.807, 2.05) is 0 Å². The van der Waals surface area contributed by atoms with E-state index >= 15 is 0 Å². The van der Waals surface area contributed by atoms with Gasteiger partial charge in [0.05, 0.1) is 0 Å². The van der Waals surface area contributed by atoms with Crippen molar-refractivity contribution in [3.05, 3.63) is 0 Å². The molecule has 1 atom stereocenters. The van der Waals surface area contributed by atoms with Gasteiger partial charge in [0.1, 0.15) is 0 Å². The third-order valence-corrected chi connectivity index (χ3v) is 3.19. The molecule has 2 fully saturated rings. The Morgan fingerprint density at radius 3 is 2.33 bits per heavy atom. The molecule has 2 aliphatic rings. The Morgan fingerprint density at radius 2 is 1.75 bits per heavy atom. The Labute approximate surface area is 75.3 Å². The predicted molar refractivity (Wildman–Crippen MR) is 51.3 cm³/mol.